The maximum absolute atomic E-state index is 12.0. The summed E-state index contributed by atoms with van der Waals surface area (Å²) in [4.78, 5) is 23.3. The second-order valence-electron chi connectivity index (χ2n) is 4.78. The number of carbonyl (C=O) groups is 2. The van der Waals surface area contributed by atoms with E-state index in [2.05, 4.69) is 5.32 Å². The summed E-state index contributed by atoms with van der Waals surface area (Å²) < 4.78 is 5.66. The van der Waals surface area contributed by atoms with Gasteiger partial charge in [-0.05, 0) is 49.7 Å². The van der Waals surface area contributed by atoms with Crippen molar-refractivity contribution in [1.29, 1.82) is 0 Å². The molecule has 1 amide bonds. The number of hydrogen-bond donors (Lipinski definition) is 2. The number of amides is 1. The monoisotopic (exact) mass is 319 g/mol. The standard InChI is InChI=1S/C16H17NO4S/c1-3-10(2)21-12-6-4-11(5-7-12)17-15(18)13-8-9-14(22-13)16(19)20/h4-10H,3H2,1-2H3,(H,17,18)(H,19,20). The first-order valence-electron chi connectivity index (χ1n) is 6.90. The van der Waals surface area contributed by atoms with Crippen LogP contribution in [-0.2, 0) is 0 Å². The van der Waals surface area contributed by atoms with Gasteiger partial charge in [0, 0.05) is 5.69 Å². The third kappa shape index (κ3) is 4.08. The van der Waals surface area contributed by atoms with Crippen LogP contribution in [0.15, 0.2) is 36.4 Å². The van der Waals surface area contributed by atoms with E-state index in [0.717, 1.165) is 23.5 Å². The molecular weight excluding hydrogens is 302 g/mol. The van der Waals surface area contributed by atoms with E-state index in [9.17, 15) is 9.59 Å². The highest BCUT2D eigenvalue weighted by Gasteiger charge is 2.13. The van der Waals surface area contributed by atoms with E-state index in [4.69, 9.17) is 9.84 Å². The molecule has 2 aromatic rings. The molecule has 0 radical (unpaired) electrons. The molecule has 0 saturated carbocycles. The Bertz CT molecular complexity index is 663. The van der Waals surface area contributed by atoms with E-state index >= 15 is 0 Å². The van der Waals surface area contributed by atoms with Crippen molar-refractivity contribution in [2.75, 3.05) is 5.32 Å². The molecule has 0 spiro atoms. The molecule has 0 bridgehead atoms. The number of thiophene rings is 1. The smallest absolute Gasteiger partial charge is 0.345 e. The van der Waals surface area contributed by atoms with Crippen LogP contribution >= 0.6 is 11.3 Å². The molecule has 2 rings (SSSR count). The zero-order valence-corrected chi connectivity index (χ0v) is 13.1. The van der Waals surface area contributed by atoms with Crippen LogP contribution < -0.4 is 10.1 Å². The number of benzene rings is 1. The van der Waals surface area contributed by atoms with Crippen LogP contribution in [0.4, 0.5) is 5.69 Å². The minimum atomic E-state index is -1.03. The van der Waals surface area contributed by atoms with E-state index in [0.29, 0.717) is 10.6 Å². The molecule has 0 fully saturated rings. The highest BCUT2D eigenvalue weighted by molar-refractivity contribution is 7.15. The summed E-state index contributed by atoms with van der Waals surface area (Å²) in [5, 5.41) is 11.6. The average Bonchev–Trinajstić information content (AvgIpc) is 2.99. The topological polar surface area (TPSA) is 75.6 Å². The summed E-state index contributed by atoms with van der Waals surface area (Å²) in [5.74, 6) is -0.611. The van der Waals surface area contributed by atoms with Gasteiger partial charge in [0.25, 0.3) is 5.91 Å². The summed E-state index contributed by atoms with van der Waals surface area (Å²) in [6.45, 7) is 4.04. The number of hydrogen-bond acceptors (Lipinski definition) is 4. The van der Waals surface area contributed by atoms with Gasteiger partial charge >= 0.3 is 5.97 Å². The maximum Gasteiger partial charge on any atom is 0.345 e. The Morgan fingerprint density at radius 1 is 1.18 bits per heavy atom. The van der Waals surface area contributed by atoms with Gasteiger partial charge in [-0.3, -0.25) is 4.79 Å². The van der Waals surface area contributed by atoms with Crippen molar-refractivity contribution in [2.45, 2.75) is 26.4 Å². The van der Waals surface area contributed by atoms with E-state index in [1.165, 1.54) is 12.1 Å². The van der Waals surface area contributed by atoms with Gasteiger partial charge in [0.05, 0.1) is 11.0 Å². The van der Waals surface area contributed by atoms with Crippen LogP contribution in [0.25, 0.3) is 0 Å². The molecule has 2 N–H and O–H groups in total. The molecule has 1 aromatic carbocycles. The average molecular weight is 319 g/mol. The Balaban J connectivity index is 2.00. The maximum atomic E-state index is 12.0. The van der Waals surface area contributed by atoms with Crippen molar-refractivity contribution in [3.8, 4) is 5.75 Å². The number of carbonyl (C=O) groups excluding carboxylic acids is 1. The lowest BCUT2D eigenvalue weighted by Gasteiger charge is -2.12. The van der Waals surface area contributed by atoms with Gasteiger partial charge in [-0.15, -0.1) is 11.3 Å². The van der Waals surface area contributed by atoms with Crippen LogP contribution in [0.2, 0.25) is 0 Å². The zero-order chi connectivity index (χ0) is 16.1. The molecule has 6 heteroatoms. The van der Waals surface area contributed by atoms with Gasteiger partial charge in [-0.1, -0.05) is 6.92 Å². The van der Waals surface area contributed by atoms with Gasteiger partial charge in [-0.25, -0.2) is 4.79 Å². The summed E-state index contributed by atoms with van der Waals surface area (Å²) in [7, 11) is 0. The molecule has 22 heavy (non-hydrogen) atoms. The van der Waals surface area contributed by atoms with Gasteiger partial charge < -0.3 is 15.2 Å². The molecule has 1 heterocycles. The van der Waals surface area contributed by atoms with Crippen LogP contribution in [-0.4, -0.2) is 23.1 Å². The molecule has 1 aromatic heterocycles. The lowest BCUT2D eigenvalue weighted by atomic mass is 10.2. The Labute approximate surface area is 132 Å². The number of nitrogens with one attached hydrogen (secondary N) is 1. The quantitative estimate of drug-likeness (QED) is 0.847. The van der Waals surface area contributed by atoms with Crippen molar-refractivity contribution in [3.63, 3.8) is 0 Å². The third-order valence-electron chi connectivity index (χ3n) is 3.06. The Kier molecular flexibility index (Phi) is 5.16. The molecule has 0 aliphatic heterocycles. The summed E-state index contributed by atoms with van der Waals surface area (Å²) >= 11 is 0.947. The third-order valence-corrected chi connectivity index (χ3v) is 4.14. The van der Waals surface area contributed by atoms with Crippen LogP contribution in [0.1, 0.15) is 39.6 Å². The predicted octanol–water partition coefficient (Wildman–Crippen LogP) is 3.88. The fourth-order valence-electron chi connectivity index (χ4n) is 1.70. The van der Waals surface area contributed by atoms with Crippen LogP contribution in [0.3, 0.4) is 0 Å². The first-order valence-corrected chi connectivity index (χ1v) is 7.72. The van der Waals surface area contributed by atoms with Gasteiger partial charge in [0.2, 0.25) is 0 Å². The molecule has 1 atom stereocenters. The van der Waals surface area contributed by atoms with Gasteiger partial charge in [-0.2, -0.15) is 0 Å². The zero-order valence-electron chi connectivity index (χ0n) is 12.3. The van der Waals surface area contributed by atoms with E-state index in [-0.39, 0.29) is 16.9 Å². The molecule has 0 aliphatic rings. The number of aromatic carboxylic acids is 1. The van der Waals surface area contributed by atoms with Gasteiger partial charge in [0.1, 0.15) is 10.6 Å². The first-order chi connectivity index (χ1) is 10.5. The number of carboxylic acid groups (broad SMARTS) is 1. The first kappa shape index (κ1) is 16.0. The van der Waals surface area contributed by atoms with Gasteiger partial charge in [0.15, 0.2) is 0 Å². The van der Waals surface area contributed by atoms with Crippen molar-refractivity contribution in [2.24, 2.45) is 0 Å². The summed E-state index contributed by atoms with van der Waals surface area (Å²) in [5.41, 5.74) is 0.631. The van der Waals surface area contributed by atoms with Crippen molar-refractivity contribution < 1.29 is 19.4 Å². The van der Waals surface area contributed by atoms with Crippen molar-refractivity contribution in [1.82, 2.24) is 0 Å². The molecule has 0 aliphatic carbocycles. The lowest BCUT2D eigenvalue weighted by molar-refractivity contribution is 0.0702. The van der Waals surface area contributed by atoms with Crippen LogP contribution in [0.5, 0.6) is 5.75 Å². The number of ether oxygens (including phenoxy) is 1. The fraction of sp³-hybridized carbons (Fsp3) is 0.250. The normalized spacial score (nSPS) is 11.7. The molecule has 5 nitrogen and oxygen atoms in total. The van der Waals surface area contributed by atoms with E-state index < -0.39 is 5.97 Å². The highest BCUT2D eigenvalue weighted by Crippen LogP contribution is 2.21. The molecule has 0 saturated heterocycles. The molecular formula is C16H17NO4S. The molecule has 116 valence electrons. The number of carboxylic acids is 1. The fourth-order valence-corrected chi connectivity index (χ4v) is 2.44. The minimum absolute atomic E-state index is 0.140. The minimum Gasteiger partial charge on any atom is -0.491 e. The second kappa shape index (κ2) is 7.09. The second-order valence-corrected chi connectivity index (χ2v) is 5.87. The van der Waals surface area contributed by atoms with Crippen LogP contribution in [0, 0.1) is 0 Å². The summed E-state index contributed by atoms with van der Waals surface area (Å²) in [6, 6.07) is 10.0. The largest absolute Gasteiger partial charge is 0.491 e. The van der Waals surface area contributed by atoms with Crippen molar-refractivity contribution >= 4 is 28.9 Å². The Hall–Kier alpha value is -2.34. The molecule has 1 unspecified atom stereocenters. The number of anilines is 1. The Morgan fingerprint density at radius 2 is 1.82 bits per heavy atom. The van der Waals surface area contributed by atoms with E-state index in [1.54, 1.807) is 24.3 Å². The van der Waals surface area contributed by atoms with Crippen molar-refractivity contribution in [3.05, 3.63) is 46.2 Å². The highest BCUT2D eigenvalue weighted by atomic mass is 32.1. The SMILES string of the molecule is CCC(C)Oc1ccc(NC(=O)c2ccc(C(=O)O)s2)cc1. The lowest BCUT2D eigenvalue weighted by Crippen LogP contribution is -2.11. The Morgan fingerprint density at radius 3 is 2.36 bits per heavy atom. The summed E-state index contributed by atoms with van der Waals surface area (Å²) in [6.07, 6.45) is 1.06. The van der Waals surface area contributed by atoms with E-state index in [1.807, 2.05) is 13.8 Å². The predicted molar refractivity (Wildman–Crippen MR) is 86.1 cm³/mol. The number of rotatable bonds is 6.